The minimum Gasteiger partial charge on any atom is -0.393 e. The van der Waals surface area contributed by atoms with Gasteiger partial charge >= 0.3 is 0 Å². The summed E-state index contributed by atoms with van der Waals surface area (Å²) in [5.74, 6) is 0.559. The van der Waals surface area contributed by atoms with E-state index >= 15 is 0 Å². The molecule has 2 nitrogen and oxygen atoms in total. The number of aliphatic hydroxyl groups excluding tert-OH is 1. The summed E-state index contributed by atoms with van der Waals surface area (Å²) in [5, 5.41) is 9.91. The molecular weight excluding hydrogens is 188 g/mol. The van der Waals surface area contributed by atoms with E-state index in [1.54, 1.807) is 0 Å². The molecule has 0 radical (unpaired) electrons. The van der Waals surface area contributed by atoms with E-state index in [1.807, 2.05) is 18.2 Å². The molecule has 2 rings (SSSR count). The molecule has 0 saturated carbocycles. The number of ether oxygens (including phenoxy) is 1. The van der Waals surface area contributed by atoms with Gasteiger partial charge in [0, 0.05) is 13.2 Å². The zero-order chi connectivity index (χ0) is 10.5. The van der Waals surface area contributed by atoms with E-state index in [1.165, 1.54) is 5.56 Å². The second-order valence-corrected chi connectivity index (χ2v) is 4.31. The molecule has 1 N–H and O–H groups in total. The molecule has 1 fully saturated rings. The highest BCUT2D eigenvalue weighted by Crippen LogP contribution is 2.19. The topological polar surface area (TPSA) is 29.5 Å². The summed E-state index contributed by atoms with van der Waals surface area (Å²) in [6.07, 6.45) is 2.51. The molecule has 1 aliphatic rings. The van der Waals surface area contributed by atoms with Crippen LogP contribution in [0.25, 0.3) is 0 Å². The van der Waals surface area contributed by atoms with Gasteiger partial charge in [0.1, 0.15) is 0 Å². The van der Waals surface area contributed by atoms with Gasteiger partial charge in [-0.1, -0.05) is 30.3 Å². The fraction of sp³-hybridized carbons (Fsp3) is 0.538. The molecule has 1 aliphatic heterocycles. The van der Waals surface area contributed by atoms with Crippen LogP contribution < -0.4 is 0 Å². The van der Waals surface area contributed by atoms with Gasteiger partial charge in [-0.2, -0.15) is 0 Å². The van der Waals surface area contributed by atoms with Crippen molar-refractivity contribution in [2.24, 2.45) is 5.92 Å². The molecular formula is C13H18O2. The highest BCUT2D eigenvalue weighted by molar-refractivity contribution is 5.15. The average molecular weight is 206 g/mol. The Labute approximate surface area is 90.9 Å². The third-order valence-electron chi connectivity index (χ3n) is 2.94. The summed E-state index contributed by atoms with van der Waals surface area (Å²) in [5.41, 5.74) is 1.21. The number of hydrogen-bond donors (Lipinski definition) is 1. The van der Waals surface area contributed by atoms with Crippen LogP contribution in [-0.4, -0.2) is 24.4 Å². The van der Waals surface area contributed by atoms with E-state index < -0.39 is 0 Å². The van der Waals surface area contributed by atoms with E-state index in [4.69, 9.17) is 4.74 Å². The second kappa shape index (κ2) is 5.29. The summed E-state index contributed by atoms with van der Waals surface area (Å²) in [7, 11) is 0. The zero-order valence-corrected chi connectivity index (χ0v) is 8.93. The van der Waals surface area contributed by atoms with Crippen LogP contribution in [0.5, 0.6) is 0 Å². The predicted octanol–water partition coefficient (Wildman–Crippen LogP) is 2.02. The largest absolute Gasteiger partial charge is 0.393 e. The fourth-order valence-electron chi connectivity index (χ4n) is 2.12. The van der Waals surface area contributed by atoms with Crippen LogP contribution >= 0.6 is 0 Å². The van der Waals surface area contributed by atoms with E-state index in [0.29, 0.717) is 5.92 Å². The molecule has 1 aromatic carbocycles. The highest BCUT2D eigenvalue weighted by atomic mass is 16.5. The van der Waals surface area contributed by atoms with Crippen molar-refractivity contribution in [1.82, 2.24) is 0 Å². The van der Waals surface area contributed by atoms with Gasteiger partial charge in [-0.3, -0.25) is 0 Å². The van der Waals surface area contributed by atoms with Crippen LogP contribution in [0.1, 0.15) is 18.4 Å². The molecule has 2 atom stereocenters. The quantitative estimate of drug-likeness (QED) is 0.816. The van der Waals surface area contributed by atoms with Crippen molar-refractivity contribution in [3.05, 3.63) is 35.9 Å². The molecule has 0 aliphatic carbocycles. The Morgan fingerprint density at radius 1 is 1.33 bits per heavy atom. The maximum Gasteiger partial charge on any atom is 0.0584 e. The predicted molar refractivity (Wildman–Crippen MR) is 59.7 cm³/mol. The van der Waals surface area contributed by atoms with Crippen molar-refractivity contribution in [3.63, 3.8) is 0 Å². The number of rotatable bonds is 4. The zero-order valence-electron chi connectivity index (χ0n) is 8.93. The van der Waals surface area contributed by atoms with E-state index in [0.717, 1.165) is 32.5 Å². The van der Waals surface area contributed by atoms with Crippen LogP contribution in [0.2, 0.25) is 0 Å². The van der Waals surface area contributed by atoms with Crippen molar-refractivity contribution >= 4 is 0 Å². The van der Waals surface area contributed by atoms with E-state index in [2.05, 4.69) is 12.1 Å². The van der Waals surface area contributed by atoms with Gasteiger partial charge in [0.2, 0.25) is 0 Å². The first-order valence-corrected chi connectivity index (χ1v) is 5.64. The molecule has 82 valence electrons. The van der Waals surface area contributed by atoms with Crippen molar-refractivity contribution in [1.29, 1.82) is 0 Å². The number of aliphatic hydroxyl groups is 1. The lowest BCUT2D eigenvalue weighted by atomic mass is 9.97. The Morgan fingerprint density at radius 3 is 2.80 bits per heavy atom. The van der Waals surface area contributed by atoms with Crippen molar-refractivity contribution in [3.8, 4) is 0 Å². The van der Waals surface area contributed by atoms with Crippen LogP contribution in [0.3, 0.4) is 0 Å². The monoisotopic (exact) mass is 206 g/mol. The van der Waals surface area contributed by atoms with E-state index in [9.17, 15) is 5.11 Å². The first-order chi connectivity index (χ1) is 7.34. The lowest BCUT2D eigenvalue weighted by molar-refractivity contribution is 0.129. The first-order valence-electron chi connectivity index (χ1n) is 5.64. The van der Waals surface area contributed by atoms with Gasteiger partial charge in [-0.05, 0) is 30.7 Å². The lowest BCUT2D eigenvalue weighted by Gasteiger charge is -2.14. The Bertz CT molecular complexity index is 278. The Hall–Kier alpha value is -0.860. The van der Waals surface area contributed by atoms with Gasteiger partial charge in [0.25, 0.3) is 0 Å². The second-order valence-electron chi connectivity index (χ2n) is 4.31. The minimum absolute atomic E-state index is 0.223. The molecule has 1 saturated heterocycles. The third-order valence-corrected chi connectivity index (χ3v) is 2.94. The molecule has 0 amide bonds. The molecule has 2 heteroatoms. The standard InChI is InChI=1S/C13H18O2/c14-13(9-12-6-7-15-10-12)8-11-4-2-1-3-5-11/h1-5,12-14H,6-10H2. The maximum absolute atomic E-state index is 9.91. The SMILES string of the molecule is OC(Cc1ccccc1)CC1CCOC1. The Kier molecular flexibility index (Phi) is 3.75. The summed E-state index contributed by atoms with van der Waals surface area (Å²) in [6, 6.07) is 10.2. The normalized spacial score (nSPS) is 22.9. The number of benzene rings is 1. The molecule has 1 aromatic rings. The van der Waals surface area contributed by atoms with Gasteiger partial charge < -0.3 is 9.84 Å². The molecule has 0 bridgehead atoms. The van der Waals surface area contributed by atoms with Crippen LogP contribution in [0.15, 0.2) is 30.3 Å². The summed E-state index contributed by atoms with van der Waals surface area (Å²) < 4.78 is 5.30. The lowest BCUT2D eigenvalue weighted by Crippen LogP contribution is -2.16. The van der Waals surface area contributed by atoms with Crippen molar-refractivity contribution < 1.29 is 9.84 Å². The Balaban J connectivity index is 1.79. The number of hydrogen-bond acceptors (Lipinski definition) is 2. The minimum atomic E-state index is -0.223. The summed E-state index contributed by atoms with van der Waals surface area (Å²) >= 11 is 0. The van der Waals surface area contributed by atoms with Gasteiger partial charge in [0.15, 0.2) is 0 Å². The molecule has 0 spiro atoms. The summed E-state index contributed by atoms with van der Waals surface area (Å²) in [4.78, 5) is 0. The van der Waals surface area contributed by atoms with Crippen LogP contribution in [0, 0.1) is 5.92 Å². The van der Waals surface area contributed by atoms with Crippen molar-refractivity contribution in [2.45, 2.75) is 25.4 Å². The van der Waals surface area contributed by atoms with Gasteiger partial charge in [-0.25, -0.2) is 0 Å². The summed E-state index contributed by atoms with van der Waals surface area (Å²) in [6.45, 7) is 1.69. The van der Waals surface area contributed by atoms with Crippen LogP contribution in [0.4, 0.5) is 0 Å². The smallest absolute Gasteiger partial charge is 0.0584 e. The third kappa shape index (κ3) is 3.33. The maximum atomic E-state index is 9.91. The molecule has 1 heterocycles. The molecule has 15 heavy (non-hydrogen) atoms. The van der Waals surface area contributed by atoms with Gasteiger partial charge in [0.05, 0.1) is 6.10 Å². The van der Waals surface area contributed by atoms with E-state index in [-0.39, 0.29) is 6.10 Å². The Morgan fingerprint density at radius 2 is 2.13 bits per heavy atom. The van der Waals surface area contributed by atoms with Crippen LogP contribution in [-0.2, 0) is 11.2 Å². The average Bonchev–Trinajstić information content (AvgIpc) is 2.71. The highest BCUT2D eigenvalue weighted by Gasteiger charge is 2.19. The fourth-order valence-corrected chi connectivity index (χ4v) is 2.12. The molecule has 2 unspecified atom stereocenters. The van der Waals surface area contributed by atoms with Crippen molar-refractivity contribution in [2.75, 3.05) is 13.2 Å². The van der Waals surface area contributed by atoms with Gasteiger partial charge in [-0.15, -0.1) is 0 Å². The first kappa shape index (κ1) is 10.7. The molecule has 0 aromatic heterocycles.